The van der Waals surface area contributed by atoms with E-state index in [0.717, 1.165) is 18.5 Å². The number of amidine groups is 1. The maximum atomic E-state index is 13.5. The number of benzene rings is 1. The summed E-state index contributed by atoms with van der Waals surface area (Å²) in [7, 11) is 0. The molecule has 4 N–H and O–H groups in total. The van der Waals surface area contributed by atoms with Gasteiger partial charge >= 0.3 is 0 Å². The third-order valence-corrected chi connectivity index (χ3v) is 3.67. The van der Waals surface area contributed by atoms with Crippen LogP contribution in [0.3, 0.4) is 0 Å². The lowest BCUT2D eigenvalue weighted by molar-refractivity contribution is 0.318. The zero-order valence-electron chi connectivity index (χ0n) is 12.9. The molecule has 4 nitrogen and oxygen atoms in total. The number of nitrogens with two attached hydrogens (primary N) is 1. The van der Waals surface area contributed by atoms with Gasteiger partial charge in [0.15, 0.2) is 5.84 Å². The Morgan fingerprint density at radius 1 is 1.38 bits per heavy atom. The molecule has 0 saturated heterocycles. The lowest BCUT2D eigenvalue weighted by atomic mass is 9.99. The van der Waals surface area contributed by atoms with Crippen molar-refractivity contribution < 1.29 is 9.60 Å². The summed E-state index contributed by atoms with van der Waals surface area (Å²) in [4.78, 5) is 0. The Hall–Kier alpha value is -1.62. The minimum atomic E-state index is -0.381. The van der Waals surface area contributed by atoms with E-state index in [1.54, 1.807) is 6.07 Å². The molecular weight excluding hydrogens is 269 g/mol. The van der Waals surface area contributed by atoms with Crippen molar-refractivity contribution in [2.24, 2.45) is 16.8 Å². The zero-order valence-corrected chi connectivity index (χ0v) is 12.9. The predicted octanol–water partition coefficient (Wildman–Crippen LogP) is 3.23. The van der Waals surface area contributed by atoms with Crippen LogP contribution < -0.4 is 11.1 Å². The third-order valence-electron chi connectivity index (χ3n) is 3.67. The fourth-order valence-electron chi connectivity index (χ4n) is 2.32. The second-order valence-corrected chi connectivity index (χ2v) is 5.38. The molecule has 0 saturated carbocycles. The molecule has 0 aliphatic rings. The molecule has 1 atom stereocenters. The van der Waals surface area contributed by atoms with Gasteiger partial charge in [-0.1, -0.05) is 38.3 Å². The number of hydrogen-bond donors (Lipinski definition) is 3. The minimum Gasteiger partial charge on any atom is -0.409 e. The van der Waals surface area contributed by atoms with Crippen LogP contribution in [0, 0.1) is 11.7 Å². The van der Waals surface area contributed by atoms with Crippen LogP contribution in [0.25, 0.3) is 0 Å². The van der Waals surface area contributed by atoms with Crippen molar-refractivity contribution in [2.75, 3.05) is 6.54 Å². The Balaban J connectivity index is 2.57. The largest absolute Gasteiger partial charge is 0.409 e. The molecule has 5 heteroatoms. The maximum Gasteiger partial charge on any atom is 0.170 e. The highest BCUT2D eigenvalue weighted by atomic mass is 19.1. The van der Waals surface area contributed by atoms with Gasteiger partial charge in [0.1, 0.15) is 5.82 Å². The van der Waals surface area contributed by atoms with Gasteiger partial charge in [-0.2, -0.15) is 0 Å². The maximum absolute atomic E-state index is 13.5. The average molecular weight is 295 g/mol. The number of nitrogens with one attached hydrogen (secondary N) is 1. The molecule has 0 bridgehead atoms. The zero-order chi connectivity index (χ0) is 15.7. The summed E-state index contributed by atoms with van der Waals surface area (Å²) in [6.07, 6.45) is 4.82. The highest BCUT2D eigenvalue weighted by molar-refractivity contribution is 5.97. The molecule has 0 aliphatic heterocycles. The van der Waals surface area contributed by atoms with E-state index in [9.17, 15) is 4.39 Å². The standard InChI is InChI=1S/C16H26FN3O/c1-3-5-6-12(4-2)10-19-11-13-7-14(16(18)20-21)9-15(17)8-13/h7-9,12,19,21H,3-6,10-11H2,1-2H3,(H2,18,20). The SMILES string of the molecule is CCCCC(CC)CNCc1cc(F)cc(/C(N)=N/O)c1. The van der Waals surface area contributed by atoms with Crippen LogP contribution in [0.1, 0.15) is 50.7 Å². The molecule has 1 aromatic rings. The summed E-state index contributed by atoms with van der Waals surface area (Å²) < 4.78 is 13.5. The van der Waals surface area contributed by atoms with Crippen LogP contribution in [0.5, 0.6) is 0 Å². The second-order valence-electron chi connectivity index (χ2n) is 5.38. The second kappa shape index (κ2) is 9.34. The van der Waals surface area contributed by atoms with Crippen LogP contribution in [-0.4, -0.2) is 17.6 Å². The number of nitrogens with zero attached hydrogens (tertiary/aromatic N) is 1. The minimum absolute atomic E-state index is 0.0786. The molecule has 1 aromatic carbocycles. The fourth-order valence-corrected chi connectivity index (χ4v) is 2.32. The molecule has 21 heavy (non-hydrogen) atoms. The molecule has 0 fully saturated rings. The van der Waals surface area contributed by atoms with Gasteiger partial charge in [0.05, 0.1) is 0 Å². The lowest BCUT2D eigenvalue weighted by Crippen LogP contribution is -2.22. The molecule has 118 valence electrons. The molecule has 0 heterocycles. The summed E-state index contributed by atoms with van der Waals surface area (Å²) >= 11 is 0. The molecule has 0 spiro atoms. The molecule has 0 amide bonds. The first-order valence-electron chi connectivity index (χ1n) is 7.58. The Labute approximate surface area is 126 Å². The lowest BCUT2D eigenvalue weighted by Gasteiger charge is -2.15. The Morgan fingerprint density at radius 3 is 2.76 bits per heavy atom. The van der Waals surface area contributed by atoms with Gasteiger partial charge in [-0.05, 0) is 42.6 Å². The van der Waals surface area contributed by atoms with E-state index in [2.05, 4.69) is 24.3 Å². The Morgan fingerprint density at radius 2 is 2.14 bits per heavy atom. The van der Waals surface area contributed by atoms with E-state index < -0.39 is 0 Å². The first-order chi connectivity index (χ1) is 10.1. The number of halogens is 1. The van der Waals surface area contributed by atoms with Gasteiger partial charge < -0.3 is 16.3 Å². The van der Waals surface area contributed by atoms with Crippen molar-refractivity contribution in [2.45, 2.75) is 46.1 Å². The van der Waals surface area contributed by atoms with Gasteiger partial charge in [-0.3, -0.25) is 0 Å². The van der Waals surface area contributed by atoms with E-state index in [-0.39, 0.29) is 11.7 Å². The molecule has 0 aromatic heterocycles. The van der Waals surface area contributed by atoms with Gasteiger partial charge in [0, 0.05) is 12.1 Å². The van der Waals surface area contributed by atoms with Crippen LogP contribution in [0.4, 0.5) is 4.39 Å². The van der Waals surface area contributed by atoms with E-state index in [0.29, 0.717) is 18.0 Å². The van der Waals surface area contributed by atoms with Crippen molar-refractivity contribution in [3.63, 3.8) is 0 Å². The first kappa shape index (κ1) is 17.4. The van der Waals surface area contributed by atoms with Crippen LogP contribution >= 0.6 is 0 Å². The molecule has 1 rings (SSSR count). The van der Waals surface area contributed by atoms with Crippen molar-refractivity contribution in [1.82, 2.24) is 5.32 Å². The molecule has 0 radical (unpaired) electrons. The van der Waals surface area contributed by atoms with Gasteiger partial charge in [-0.15, -0.1) is 0 Å². The normalized spacial score (nSPS) is 13.4. The number of unbranched alkanes of at least 4 members (excludes halogenated alkanes) is 1. The van der Waals surface area contributed by atoms with Crippen molar-refractivity contribution in [3.8, 4) is 0 Å². The Kier molecular flexibility index (Phi) is 7.75. The summed E-state index contributed by atoms with van der Waals surface area (Å²) in [6.45, 7) is 5.89. The van der Waals surface area contributed by atoms with E-state index in [4.69, 9.17) is 10.9 Å². The van der Waals surface area contributed by atoms with E-state index in [1.807, 2.05) is 0 Å². The third kappa shape index (κ3) is 6.12. The summed E-state index contributed by atoms with van der Waals surface area (Å²) in [5.74, 6) is 0.195. The first-order valence-corrected chi connectivity index (χ1v) is 7.58. The average Bonchev–Trinajstić information content (AvgIpc) is 2.49. The number of hydrogen-bond acceptors (Lipinski definition) is 3. The van der Waals surface area contributed by atoms with Crippen molar-refractivity contribution in [1.29, 1.82) is 0 Å². The van der Waals surface area contributed by atoms with Crippen LogP contribution in [0.2, 0.25) is 0 Å². The van der Waals surface area contributed by atoms with Crippen molar-refractivity contribution in [3.05, 3.63) is 35.1 Å². The van der Waals surface area contributed by atoms with Crippen LogP contribution in [-0.2, 0) is 6.54 Å². The number of rotatable bonds is 9. The van der Waals surface area contributed by atoms with Crippen molar-refractivity contribution >= 4 is 5.84 Å². The Bertz CT molecular complexity index is 463. The summed E-state index contributed by atoms with van der Waals surface area (Å²) in [5.41, 5.74) is 6.69. The van der Waals surface area contributed by atoms with E-state index >= 15 is 0 Å². The smallest absolute Gasteiger partial charge is 0.170 e. The summed E-state index contributed by atoms with van der Waals surface area (Å²) in [5, 5.41) is 14.9. The highest BCUT2D eigenvalue weighted by Gasteiger charge is 2.07. The molecule has 0 aliphatic carbocycles. The van der Waals surface area contributed by atoms with Gasteiger partial charge in [0.2, 0.25) is 0 Å². The van der Waals surface area contributed by atoms with Gasteiger partial charge in [0.25, 0.3) is 0 Å². The predicted molar refractivity (Wildman–Crippen MR) is 83.9 cm³/mol. The fraction of sp³-hybridized carbons (Fsp3) is 0.562. The topological polar surface area (TPSA) is 70.6 Å². The number of oxime groups is 1. The quantitative estimate of drug-likeness (QED) is 0.283. The summed E-state index contributed by atoms with van der Waals surface area (Å²) in [6, 6.07) is 4.46. The molecule has 1 unspecified atom stereocenters. The molecular formula is C16H26FN3O. The van der Waals surface area contributed by atoms with Gasteiger partial charge in [-0.25, -0.2) is 4.39 Å². The highest BCUT2D eigenvalue weighted by Crippen LogP contribution is 2.13. The monoisotopic (exact) mass is 295 g/mol. The van der Waals surface area contributed by atoms with E-state index in [1.165, 1.54) is 31.4 Å². The van der Waals surface area contributed by atoms with Crippen LogP contribution in [0.15, 0.2) is 23.4 Å².